The summed E-state index contributed by atoms with van der Waals surface area (Å²) in [6, 6.07) is 8.30. The van der Waals surface area contributed by atoms with Gasteiger partial charge in [0.05, 0.1) is 6.04 Å². The van der Waals surface area contributed by atoms with E-state index < -0.39 is 0 Å². The van der Waals surface area contributed by atoms with Crippen LogP contribution in [0, 0.1) is 12.8 Å². The van der Waals surface area contributed by atoms with Crippen LogP contribution in [0.5, 0.6) is 0 Å². The minimum Gasteiger partial charge on any atom is -0.459 e. The van der Waals surface area contributed by atoms with Gasteiger partial charge < -0.3 is 4.42 Å². The van der Waals surface area contributed by atoms with Crippen LogP contribution in [0.15, 0.2) is 28.7 Å². The molecule has 0 aliphatic carbocycles. The molecule has 0 spiro atoms. The lowest BCUT2D eigenvalue weighted by Gasteiger charge is -2.16. The third kappa shape index (κ3) is 1.96. The van der Waals surface area contributed by atoms with Crippen LogP contribution in [0.25, 0.3) is 11.0 Å². The van der Waals surface area contributed by atoms with Crippen molar-refractivity contribution in [1.82, 2.24) is 5.43 Å². The molecule has 0 fully saturated rings. The molecule has 0 bridgehead atoms. The van der Waals surface area contributed by atoms with E-state index in [4.69, 9.17) is 10.3 Å². The first-order valence-electron chi connectivity index (χ1n) is 5.58. The summed E-state index contributed by atoms with van der Waals surface area (Å²) in [6.07, 6.45) is 0. The molecular weight excluding hydrogens is 200 g/mol. The van der Waals surface area contributed by atoms with Crippen molar-refractivity contribution < 1.29 is 4.42 Å². The Bertz CT molecular complexity index is 488. The molecule has 2 aromatic rings. The molecule has 1 aromatic heterocycles. The SMILES string of the molecule is Cc1ccc2oc(C(NN)C(C)C)cc2c1. The molecule has 1 unspecified atom stereocenters. The van der Waals surface area contributed by atoms with Crippen LogP contribution < -0.4 is 11.3 Å². The molecule has 0 radical (unpaired) electrons. The van der Waals surface area contributed by atoms with Gasteiger partial charge in [-0.05, 0) is 31.0 Å². The molecule has 0 saturated heterocycles. The van der Waals surface area contributed by atoms with Crippen molar-refractivity contribution >= 4 is 11.0 Å². The number of rotatable bonds is 3. The number of nitrogens with two attached hydrogens (primary N) is 1. The minimum atomic E-state index is 0.0627. The van der Waals surface area contributed by atoms with E-state index >= 15 is 0 Å². The third-order valence-electron chi connectivity index (χ3n) is 2.84. The van der Waals surface area contributed by atoms with Crippen molar-refractivity contribution in [1.29, 1.82) is 0 Å². The summed E-state index contributed by atoms with van der Waals surface area (Å²) in [5.74, 6) is 6.84. The van der Waals surface area contributed by atoms with E-state index in [2.05, 4.69) is 44.4 Å². The van der Waals surface area contributed by atoms with Crippen molar-refractivity contribution in [2.45, 2.75) is 26.8 Å². The van der Waals surface area contributed by atoms with Gasteiger partial charge in [0, 0.05) is 5.39 Å². The lowest BCUT2D eigenvalue weighted by molar-refractivity contribution is 0.356. The number of nitrogens with one attached hydrogen (secondary N) is 1. The summed E-state index contributed by atoms with van der Waals surface area (Å²) >= 11 is 0. The van der Waals surface area contributed by atoms with Crippen molar-refractivity contribution in [2.24, 2.45) is 11.8 Å². The molecule has 1 atom stereocenters. The van der Waals surface area contributed by atoms with Crippen LogP contribution >= 0.6 is 0 Å². The summed E-state index contributed by atoms with van der Waals surface area (Å²) in [5, 5.41) is 1.14. The molecule has 3 heteroatoms. The maximum absolute atomic E-state index is 5.79. The Hall–Kier alpha value is -1.32. The van der Waals surface area contributed by atoms with Gasteiger partial charge in [0.2, 0.25) is 0 Å². The molecule has 3 nitrogen and oxygen atoms in total. The minimum absolute atomic E-state index is 0.0627. The lowest BCUT2D eigenvalue weighted by atomic mass is 10.0. The van der Waals surface area contributed by atoms with E-state index in [0.717, 1.165) is 16.7 Å². The largest absolute Gasteiger partial charge is 0.459 e. The quantitative estimate of drug-likeness (QED) is 0.615. The average molecular weight is 218 g/mol. The van der Waals surface area contributed by atoms with Gasteiger partial charge in [-0.25, -0.2) is 5.43 Å². The van der Waals surface area contributed by atoms with E-state index in [-0.39, 0.29) is 6.04 Å². The van der Waals surface area contributed by atoms with Crippen molar-refractivity contribution in [2.75, 3.05) is 0 Å². The predicted octanol–water partition coefficient (Wildman–Crippen LogP) is 2.90. The van der Waals surface area contributed by atoms with E-state index in [1.807, 2.05) is 6.07 Å². The molecule has 1 aromatic carbocycles. The lowest BCUT2D eigenvalue weighted by Crippen LogP contribution is -2.31. The molecular formula is C13H18N2O. The molecule has 0 aliphatic heterocycles. The Morgan fingerprint density at radius 2 is 2.00 bits per heavy atom. The van der Waals surface area contributed by atoms with Crippen LogP contribution in [-0.4, -0.2) is 0 Å². The summed E-state index contributed by atoms with van der Waals surface area (Å²) in [7, 11) is 0. The Labute approximate surface area is 95.6 Å². The second kappa shape index (κ2) is 4.28. The molecule has 0 aliphatic rings. The van der Waals surface area contributed by atoms with Crippen LogP contribution in [0.1, 0.15) is 31.2 Å². The molecule has 0 saturated carbocycles. The van der Waals surface area contributed by atoms with Gasteiger partial charge in [-0.2, -0.15) is 0 Å². The highest BCUT2D eigenvalue weighted by atomic mass is 16.3. The number of hydrazine groups is 1. The van der Waals surface area contributed by atoms with Gasteiger partial charge in [-0.3, -0.25) is 5.84 Å². The molecule has 2 rings (SSSR count). The number of hydrogen-bond acceptors (Lipinski definition) is 3. The summed E-state index contributed by atoms with van der Waals surface area (Å²) < 4.78 is 5.79. The van der Waals surface area contributed by atoms with E-state index in [1.165, 1.54) is 5.56 Å². The summed E-state index contributed by atoms with van der Waals surface area (Å²) in [5.41, 5.74) is 4.96. The van der Waals surface area contributed by atoms with Crippen LogP contribution in [0.2, 0.25) is 0 Å². The van der Waals surface area contributed by atoms with Gasteiger partial charge in [0.1, 0.15) is 11.3 Å². The zero-order chi connectivity index (χ0) is 11.7. The van der Waals surface area contributed by atoms with Gasteiger partial charge in [0.25, 0.3) is 0 Å². The fourth-order valence-corrected chi connectivity index (χ4v) is 1.94. The highest BCUT2D eigenvalue weighted by Gasteiger charge is 2.18. The molecule has 0 amide bonds. The Kier molecular flexibility index (Phi) is 2.99. The number of hydrogen-bond donors (Lipinski definition) is 2. The van der Waals surface area contributed by atoms with Crippen molar-refractivity contribution in [3.05, 3.63) is 35.6 Å². The van der Waals surface area contributed by atoms with Gasteiger partial charge >= 0.3 is 0 Å². The zero-order valence-electron chi connectivity index (χ0n) is 9.95. The second-order valence-corrected chi connectivity index (χ2v) is 4.58. The fraction of sp³-hybridized carbons (Fsp3) is 0.385. The van der Waals surface area contributed by atoms with Crippen LogP contribution in [0.3, 0.4) is 0 Å². The Balaban J connectivity index is 2.45. The summed E-state index contributed by atoms with van der Waals surface area (Å²) in [4.78, 5) is 0. The average Bonchev–Trinajstić information content (AvgIpc) is 2.60. The Morgan fingerprint density at radius 1 is 1.25 bits per heavy atom. The van der Waals surface area contributed by atoms with Crippen molar-refractivity contribution in [3.8, 4) is 0 Å². The first-order valence-corrected chi connectivity index (χ1v) is 5.58. The number of furan rings is 1. The fourth-order valence-electron chi connectivity index (χ4n) is 1.94. The van der Waals surface area contributed by atoms with Gasteiger partial charge in [0.15, 0.2) is 0 Å². The number of fused-ring (bicyclic) bond motifs is 1. The van der Waals surface area contributed by atoms with Crippen molar-refractivity contribution in [3.63, 3.8) is 0 Å². The van der Waals surface area contributed by atoms with Gasteiger partial charge in [-0.1, -0.05) is 25.5 Å². The maximum atomic E-state index is 5.79. The van der Waals surface area contributed by atoms with Crippen LogP contribution in [0.4, 0.5) is 0 Å². The maximum Gasteiger partial charge on any atom is 0.134 e. The van der Waals surface area contributed by atoms with Gasteiger partial charge in [-0.15, -0.1) is 0 Å². The highest BCUT2D eigenvalue weighted by molar-refractivity contribution is 5.78. The number of aryl methyl sites for hydroxylation is 1. The first kappa shape index (κ1) is 11.2. The molecule has 86 valence electrons. The summed E-state index contributed by atoms with van der Waals surface area (Å²) in [6.45, 7) is 6.30. The number of benzene rings is 1. The molecule has 3 N–H and O–H groups in total. The van der Waals surface area contributed by atoms with E-state index in [9.17, 15) is 0 Å². The normalized spacial score (nSPS) is 13.6. The monoisotopic (exact) mass is 218 g/mol. The highest BCUT2D eigenvalue weighted by Crippen LogP contribution is 2.28. The standard InChI is InChI=1S/C13H18N2O/c1-8(2)13(15-14)12-7-10-6-9(3)4-5-11(10)16-12/h4-8,13,15H,14H2,1-3H3. The molecule has 16 heavy (non-hydrogen) atoms. The first-order chi connectivity index (χ1) is 7.61. The van der Waals surface area contributed by atoms with E-state index in [0.29, 0.717) is 5.92 Å². The van der Waals surface area contributed by atoms with E-state index in [1.54, 1.807) is 0 Å². The zero-order valence-corrected chi connectivity index (χ0v) is 9.95. The topological polar surface area (TPSA) is 51.2 Å². The predicted molar refractivity (Wildman–Crippen MR) is 65.9 cm³/mol. The third-order valence-corrected chi connectivity index (χ3v) is 2.84. The Morgan fingerprint density at radius 3 is 2.62 bits per heavy atom. The molecule has 1 heterocycles. The van der Waals surface area contributed by atoms with Crippen LogP contribution in [-0.2, 0) is 0 Å². The second-order valence-electron chi connectivity index (χ2n) is 4.58. The smallest absolute Gasteiger partial charge is 0.134 e.